The van der Waals surface area contributed by atoms with Gasteiger partial charge in [0, 0.05) is 207 Å². The van der Waals surface area contributed by atoms with Crippen LogP contribution in [0.4, 0.5) is 28.8 Å². The predicted molar refractivity (Wildman–Crippen MR) is 550 cm³/mol. The van der Waals surface area contributed by atoms with Crippen LogP contribution in [0.25, 0.3) is 0 Å². The number of carbonyl (C=O) groups excluding carboxylic acids is 6. The molecule has 7 aliphatic heterocycles. The number of carbonyl (C=O) groups is 6. The topological polar surface area (TPSA) is 241 Å². The van der Waals surface area contributed by atoms with Crippen molar-refractivity contribution in [1.29, 1.82) is 0 Å². The van der Waals surface area contributed by atoms with Gasteiger partial charge in [-0.3, -0.25) is 43.7 Å². The zero-order chi connectivity index (χ0) is 96.2. The SMILES string of the molecule is C.CC(=O)N1CCN(c2ccc(B3OC(C)(C)C(C)(C)O3)cn2)CC1.CC(=O)N1CCN(c2ccc(C3=NC(Cc4ccccc4Cl)C(=O)Cc4ccc(Cl)cc43)cn2)CC1.COc1ccc(CN2C(=O)C(Cc3ccccc3Cl)N=C(Cl)c3cc(Cl)ccc32)cc1.COc1ccc(CN2C(=O)C(Cc3ccccc3Cl)N=C(c3ccc(N4CCN(C(C)=O)CC4)nc3)c3cc(Cl)ccc32)cc1. The van der Waals surface area contributed by atoms with Gasteiger partial charge in [0.15, 0.2) is 5.78 Å². The summed E-state index contributed by atoms with van der Waals surface area (Å²) >= 11 is 45.0. The number of aliphatic imine (C=N–C) groups is 3. The zero-order valence-electron chi connectivity index (χ0n) is 77.0. The molecule has 710 valence electrons. The number of halogens is 7. The summed E-state index contributed by atoms with van der Waals surface area (Å²) in [5, 5.41) is 3.70. The second kappa shape index (κ2) is 45.2. The number of fused-ring (bicyclic) bond motifs is 3. The van der Waals surface area contributed by atoms with Crippen molar-refractivity contribution < 1.29 is 47.5 Å². The van der Waals surface area contributed by atoms with Gasteiger partial charge in [-0.2, -0.15) is 0 Å². The molecule has 24 nitrogen and oxygen atoms in total. The third-order valence-corrected chi connectivity index (χ3v) is 27.7. The van der Waals surface area contributed by atoms with Crippen LogP contribution in [0.2, 0.25) is 30.1 Å². The summed E-state index contributed by atoms with van der Waals surface area (Å²) < 4.78 is 22.7. The maximum Gasteiger partial charge on any atom is 0.496 e. The highest BCUT2D eigenvalue weighted by molar-refractivity contribution is 6.70. The highest BCUT2D eigenvalue weighted by Crippen LogP contribution is 2.40. The monoisotopic (exact) mass is 1980 g/mol. The van der Waals surface area contributed by atoms with E-state index in [9.17, 15) is 28.8 Å². The molecule has 0 N–H and O–H groups in total. The smallest absolute Gasteiger partial charge is 0.496 e. The first-order valence-corrected chi connectivity index (χ1v) is 47.6. The molecule has 0 spiro atoms. The number of ether oxygens (including phenoxy) is 2. The van der Waals surface area contributed by atoms with Gasteiger partial charge in [0.25, 0.3) is 11.8 Å². The van der Waals surface area contributed by atoms with E-state index in [2.05, 4.69) is 24.7 Å². The minimum Gasteiger partial charge on any atom is -0.497 e. The molecule has 3 aromatic heterocycles. The normalized spacial score (nSPS) is 17.8. The Balaban J connectivity index is 0.000000149. The van der Waals surface area contributed by atoms with E-state index in [1.54, 1.807) is 87.5 Å². The molecule has 18 rings (SSSR count). The van der Waals surface area contributed by atoms with E-state index >= 15 is 0 Å². The molecule has 11 aromatic rings. The van der Waals surface area contributed by atoms with Crippen molar-refractivity contribution in [3.63, 3.8) is 0 Å². The molecule has 0 radical (unpaired) electrons. The van der Waals surface area contributed by atoms with Gasteiger partial charge in [0.05, 0.1) is 61.3 Å². The van der Waals surface area contributed by atoms with Crippen LogP contribution in [0.3, 0.4) is 0 Å². The van der Waals surface area contributed by atoms with Gasteiger partial charge in [0.2, 0.25) is 17.7 Å². The largest absolute Gasteiger partial charge is 0.497 e. The third kappa shape index (κ3) is 24.5. The number of benzene rings is 8. The summed E-state index contributed by atoms with van der Waals surface area (Å²) in [5.41, 5.74) is 12.1. The van der Waals surface area contributed by atoms with Crippen molar-refractivity contribution in [3.8, 4) is 11.5 Å². The maximum absolute atomic E-state index is 14.4. The highest BCUT2D eigenvalue weighted by atomic mass is 35.5. The van der Waals surface area contributed by atoms with Crippen LogP contribution in [0.1, 0.15) is 117 Å². The number of ketones is 1. The molecule has 32 heteroatoms. The van der Waals surface area contributed by atoms with Crippen LogP contribution < -0.4 is 39.4 Å². The van der Waals surface area contributed by atoms with Crippen LogP contribution in [-0.2, 0) is 76.8 Å². The first-order valence-electron chi connectivity index (χ1n) is 45.0. The van der Waals surface area contributed by atoms with E-state index in [1.165, 1.54) is 0 Å². The Morgan fingerprint density at radius 1 is 0.409 bits per heavy atom. The quantitative estimate of drug-likeness (QED) is 0.0725. The number of piperazine rings is 3. The van der Waals surface area contributed by atoms with Crippen molar-refractivity contribution in [2.45, 2.75) is 124 Å². The molecule has 4 saturated heterocycles. The van der Waals surface area contributed by atoms with E-state index in [-0.39, 0.29) is 72.7 Å². The highest BCUT2D eigenvalue weighted by Gasteiger charge is 2.52. The number of anilines is 5. The Morgan fingerprint density at radius 3 is 1.15 bits per heavy atom. The van der Waals surface area contributed by atoms with Crippen LogP contribution in [-0.4, -0.2) is 211 Å². The average molecular weight is 1990 g/mol. The molecular weight excluding hydrogens is 1880 g/mol. The third-order valence-electron chi connectivity index (χ3n) is 25.6. The lowest BCUT2D eigenvalue weighted by Gasteiger charge is -2.34. The summed E-state index contributed by atoms with van der Waals surface area (Å²) in [6, 6.07) is 64.1. The summed E-state index contributed by atoms with van der Waals surface area (Å²) in [4.78, 5) is 120. The van der Waals surface area contributed by atoms with Crippen LogP contribution in [0.5, 0.6) is 11.5 Å². The fourth-order valence-corrected chi connectivity index (χ4v) is 18.5. The van der Waals surface area contributed by atoms with Crippen LogP contribution in [0.15, 0.2) is 246 Å². The lowest BCUT2D eigenvalue weighted by atomic mass is 9.80. The summed E-state index contributed by atoms with van der Waals surface area (Å²) in [6.45, 7) is 22.4. The Labute approximate surface area is 835 Å². The maximum atomic E-state index is 14.4. The molecule has 3 unspecified atom stereocenters. The number of rotatable bonds is 18. The summed E-state index contributed by atoms with van der Waals surface area (Å²) in [7, 11) is 2.86. The molecule has 4 fully saturated rings. The second-order valence-corrected chi connectivity index (χ2v) is 37.8. The molecule has 5 amide bonds. The van der Waals surface area contributed by atoms with E-state index in [4.69, 9.17) is 120 Å². The average Bonchev–Trinajstić information content (AvgIpc) is 1.60. The number of amides is 5. The molecule has 10 heterocycles. The number of aromatic nitrogens is 3. The lowest BCUT2D eigenvalue weighted by molar-refractivity contribution is -0.129. The number of pyridine rings is 3. The van der Waals surface area contributed by atoms with Gasteiger partial charge in [-0.05, 0) is 182 Å². The van der Waals surface area contributed by atoms with Crippen molar-refractivity contribution >= 4 is 175 Å². The van der Waals surface area contributed by atoms with Crippen molar-refractivity contribution in [2.24, 2.45) is 15.0 Å². The van der Waals surface area contributed by atoms with Crippen LogP contribution in [0, 0.1) is 0 Å². The molecule has 3 atom stereocenters. The zero-order valence-corrected chi connectivity index (χ0v) is 82.3. The molecule has 137 heavy (non-hydrogen) atoms. The van der Waals surface area contributed by atoms with E-state index in [0.717, 1.165) is 129 Å². The Kier molecular flexibility index (Phi) is 33.4. The molecule has 0 saturated carbocycles. The second-order valence-electron chi connectivity index (χ2n) is 34.9. The molecular formula is C105H108BCl7N14O10. The number of hydrogen-bond acceptors (Lipinski definition) is 19. The minimum atomic E-state index is -0.747. The van der Waals surface area contributed by atoms with Crippen molar-refractivity contribution in [1.82, 2.24) is 29.7 Å². The fourth-order valence-electron chi connectivity index (χ4n) is 17.0. The Morgan fingerprint density at radius 2 is 0.766 bits per heavy atom. The van der Waals surface area contributed by atoms with E-state index in [1.807, 2.05) is 231 Å². The lowest BCUT2D eigenvalue weighted by Crippen LogP contribution is -2.48. The minimum absolute atomic E-state index is 0. The van der Waals surface area contributed by atoms with Crippen molar-refractivity contribution in [2.75, 3.05) is 117 Å². The van der Waals surface area contributed by atoms with E-state index < -0.39 is 18.1 Å². The fraction of sp³-hybridized carbons (Fsp3) is 0.314. The summed E-state index contributed by atoms with van der Waals surface area (Å²) in [6.07, 6.45) is 6.81. The van der Waals surface area contributed by atoms with Gasteiger partial charge in [-0.25, -0.2) is 15.0 Å². The van der Waals surface area contributed by atoms with E-state index in [0.29, 0.717) is 130 Å². The van der Waals surface area contributed by atoms with Crippen molar-refractivity contribution in [3.05, 3.63) is 322 Å². The van der Waals surface area contributed by atoms with Gasteiger partial charge in [-0.15, -0.1) is 0 Å². The Bertz CT molecular complexity index is 6280. The van der Waals surface area contributed by atoms with Gasteiger partial charge >= 0.3 is 7.12 Å². The van der Waals surface area contributed by atoms with Gasteiger partial charge < -0.3 is 58.0 Å². The molecule has 7 aliphatic rings. The molecule has 0 aliphatic carbocycles. The number of nitrogens with zero attached hydrogens (tertiary/aromatic N) is 14. The number of Topliss-reactive ketones (excluding diaryl/α,β-unsaturated/α-hetero) is 1. The predicted octanol–water partition coefficient (Wildman–Crippen LogP) is 18.5. The van der Waals surface area contributed by atoms with Gasteiger partial charge in [0.1, 0.15) is 52.2 Å². The van der Waals surface area contributed by atoms with Crippen LogP contribution >= 0.6 is 81.2 Å². The number of benzodiazepines with no additional fused rings is 2. The standard InChI is InChI=1S/C35H33Cl2N5O3.C28H26Cl2N4O2.C24H19Cl3N2O2.C17H26BN3O3.CH4/c1-23(43)40-15-17-41(18-16-40)33-14-9-26(21-38-33)34-29-20-27(36)10-13-32(29)42(22-24-7-11-28(45-2)12-8-24)35(44)31(39-34)19-25-5-3-4-6-30(25)37;1-18(35)33-10-12-34(13-11-33)27-9-7-21(17-31-27)28-23-16-22(29)8-6-19(23)15-26(36)25(32-28)14-20-4-2-3-5-24(20)30;1-31-18-9-6-15(7-10-18)14-29-22-11-8-17(25)13-19(22)23(27)28-21(24(29)30)12-16-4-2-3-5-20(16)26;1-13(22)20-8-10-21(11-9-20)15-7-6-14(12-19-15)18-23-16(2,3)17(4,5)24-18;/h3-14,20-21,31H,15-19,22H2,1-2H3;2-9,16-17,25H,10-15H2,1H3;2-11,13,21H,12,14H2,1H3;6-7,12H,8-11H2,1-5H3;1H4. The first-order chi connectivity index (χ1) is 65.3. The molecule has 0 bridgehead atoms. The molecule has 8 aromatic carbocycles. The Hall–Kier alpha value is -11.7. The van der Waals surface area contributed by atoms with Gasteiger partial charge in [-0.1, -0.05) is 180 Å². The first kappa shape index (κ1) is 101. The number of hydrogen-bond donors (Lipinski definition) is 0. The number of methoxy groups -OCH3 is 2. The summed E-state index contributed by atoms with van der Waals surface area (Å²) in [5.74, 6) is 4.17.